The third-order valence-electron chi connectivity index (χ3n) is 5.13. The van der Waals surface area contributed by atoms with Crippen LogP contribution >= 0.6 is 12.4 Å². The largest absolute Gasteiger partial charge is 0.490 e. The molecule has 1 aliphatic carbocycles. The summed E-state index contributed by atoms with van der Waals surface area (Å²) in [7, 11) is 0. The molecule has 0 radical (unpaired) electrons. The Hall–Kier alpha value is -1.15. The van der Waals surface area contributed by atoms with Gasteiger partial charge in [0.1, 0.15) is 0 Å². The number of alkyl halides is 2. The molecule has 27 heavy (non-hydrogen) atoms. The van der Waals surface area contributed by atoms with Crippen molar-refractivity contribution >= 4 is 12.4 Å². The number of ether oxygens (including phenoxy) is 3. The van der Waals surface area contributed by atoms with Crippen LogP contribution in [0.1, 0.15) is 31.7 Å². The van der Waals surface area contributed by atoms with Crippen molar-refractivity contribution in [3.63, 3.8) is 0 Å². The van der Waals surface area contributed by atoms with E-state index in [1.54, 1.807) is 18.2 Å². The molecule has 2 aliphatic rings. The maximum Gasteiger partial charge on any atom is 0.387 e. The minimum atomic E-state index is -2.86. The van der Waals surface area contributed by atoms with E-state index >= 15 is 0 Å². The molecule has 0 spiro atoms. The number of hydrogen-bond acceptors (Lipinski definition) is 5. The normalized spacial score (nSPS) is 25.3. The van der Waals surface area contributed by atoms with Crippen molar-refractivity contribution in [2.75, 3.05) is 26.4 Å². The van der Waals surface area contributed by atoms with Crippen molar-refractivity contribution in [1.29, 1.82) is 0 Å². The van der Waals surface area contributed by atoms with Crippen molar-refractivity contribution in [3.05, 3.63) is 23.8 Å². The molecule has 8 heteroatoms. The van der Waals surface area contributed by atoms with Crippen LogP contribution in [-0.2, 0) is 11.3 Å². The van der Waals surface area contributed by atoms with E-state index in [-0.39, 0.29) is 18.2 Å². The second-order valence-corrected chi connectivity index (χ2v) is 6.81. The van der Waals surface area contributed by atoms with Gasteiger partial charge in [-0.2, -0.15) is 8.78 Å². The lowest BCUT2D eigenvalue weighted by molar-refractivity contribution is -0.0514. The highest BCUT2D eigenvalue weighted by Gasteiger charge is 2.34. The summed E-state index contributed by atoms with van der Waals surface area (Å²) in [5, 5.41) is 7.20. The van der Waals surface area contributed by atoms with E-state index in [9.17, 15) is 8.78 Å². The van der Waals surface area contributed by atoms with Gasteiger partial charge in [-0.15, -0.1) is 12.4 Å². The van der Waals surface area contributed by atoms with Gasteiger partial charge in [-0.1, -0.05) is 12.5 Å². The molecule has 1 aromatic rings. The first kappa shape index (κ1) is 22.1. The Kier molecular flexibility index (Phi) is 9.02. The fourth-order valence-corrected chi connectivity index (χ4v) is 3.96. The molecule has 154 valence electrons. The van der Waals surface area contributed by atoms with Crippen molar-refractivity contribution in [1.82, 2.24) is 10.6 Å². The van der Waals surface area contributed by atoms with Crippen LogP contribution in [0.25, 0.3) is 0 Å². The number of halogens is 3. The van der Waals surface area contributed by atoms with Gasteiger partial charge in [0.25, 0.3) is 0 Å². The van der Waals surface area contributed by atoms with Crippen LogP contribution in [0.4, 0.5) is 8.78 Å². The lowest BCUT2D eigenvalue weighted by Crippen LogP contribution is -2.50. The Bertz CT molecular complexity index is 574. The van der Waals surface area contributed by atoms with Crippen LogP contribution in [0.15, 0.2) is 18.2 Å². The predicted molar refractivity (Wildman–Crippen MR) is 102 cm³/mol. The van der Waals surface area contributed by atoms with Gasteiger partial charge < -0.3 is 24.8 Å². The molecular weight excluding hydrogens is 378 g/mol. The highest BCUT2D eigenvalue weighted by molar-refractivity contribution is 5.85. The van der Waals surface area contributed by atoms with E-state index in [4.69, 9.17) is 9.47 Å². The average molecular weight is 407 g/mol. The second-order valence-electron chi connectivity index (χ2n) is 6.81. The van der Waals surface area contributed by atoms with Crippen molar-refractivity contribution in [3.8, 4) is 11.5 Å². The van der Waals surface area contributed by atoms with Gasteiger partial charge in [-0.05, 0) is 43.4 Å². The maximum atomic E-state index is 12.5. The number of benzene rings is 1. The van der Waals surface area contributed by atoms with Crippen molar-refractivity contribution in [2.24, 2.45) is 5.92 Å². The molecule has 1 aliphatic heterocycles. The topological polar surface area (TPSA) is 51.8 Å². The second kappa shape index (κ2) is 11.0. The van der Waals surface area contributed by atoms with E-state index in [2.05, 4.69) is 15.4 Å². The van der Waals surface area contributed by atoms with Crippen LogP contribution < -0.4 is 20.1 Å². The quantitative estimate of drug-likeness (QED) is 0.693. The van der Waals surface area contributed by atoms with Crippen molar-refractivity contribution < 1.29 is 23.0 Å². The summed E-state index contributed by atoms with van der Waals surface area (Å²) in [5.41, 5.74) is 0.994. The third-order valence-corrected chi connectivity index (χ3v) is 5.13. The monoisotopic (exact) mass is 406 g/mol. The Morgan fingerprint density at radius 3 is 2.85 bits per heavy atom. The summed E-state index contributed by atoms with van der Waals surface area (Å²) in [4.78, 5) is 0. The maximum absolute atomic E-state index is 12.5. The summed E-state index contributed by atoms with van der Waals surface area (Å²) >= 11 is 0. The summed E-state index contributed by atoms with van der Waals surface area (Å²) in [5.74, 6) is 0.994. The Balaban J connectivity index is 0.00000261. The van der Waals surface area contributed by atoms with E-state index in [1.807, 2.05) is 6.92 Å². The standard InChI is InChI=1S/C19H28F2N2O3.ClH/c1-2-25-18-10-13(6-7-17(18)26-19(20)21)11-23-15-5-3-4-14(15)16-12-24-9-8-22-16;/h6-7,10,14-16,19,22-23H,2-5,8-9,11-12H2,1H3;1H. The van der Waals surface area contributed by atoms with Gasteiger partial charge in [-0.25, -0.2) is 0 Å². The van der Waals surface area contributed by atoms with Crippen LogP contribution in [-0.4, -0.2) is 45.1 Å². The van der Waals surface area contributed by atoms with Crippen molar-refractivity contribution in [2.45, 2.75) is 51.4 Å². The van der Waals surface area contributed by atoms with E-state index < -0.39 is 6.61 Å². The first-order valence-corrected chi connectivity index (χ1v) is 9.42. The molecule has 1 saturated heterocycles. The summed E-state index contributed by atoms with van der Waals surface area (Å²) in [6.45, 7) is 2.50. The lowest BCUT2D eigenvalue weighted by Gasteiger charge is -2.33. The molecule has 2 N–H and O–H groups in total. The minimum Gasteiger partial charge on any atom is -0.490 e. The third kappa shape index (κ3) is 6.17. The summed E-state index contributed by atoms with van der Waals surface area (Å²) in [6.07, 6.45) is 3.56. The number of nitrogens with one attached hydrogen (secondary N) is 2. The van der Waals surface area contributed by atoms with Gasteiger partial charge in [0.15, 0.2) is 11.5 Å². The molecular formula is C19H29ClF2N2O3. The fraction of sp³-hybridized carbons (Fsp3) is 0.684. The molecule has 1 aromatic carbocycles. The van der Waals surface area contributed by atoms with Gasteiger partial charge in [0, 0.05) is 25.2 Å². The number of rotatable bonds is 8. The van der Waals surface area contributed by atoms with Crippen LogP contribution in [0.2, 0.25) is 0 Å². The molecule has 3 unspecified atom stereocenters. The molecule has 5 nitrogen and oxygen atoms in total. The summed E-state index contributed by atoms with van der Waals surface area (Å²) in [6, 6.07) is 5.97. The van der Waals surface area contributed by atoms with Crippen LogP contribution in [0, 0.1) is 5.92 Å². The summed E-state index contributed by atoms with van der Waals surface area (Å²) < 4.78 is 40.6. The molecule has 0 bridgehead atoms. The predicted octanol–water partition coefficient (Wildman–Crippen LogP) is 3.36. The SMILES string of the molecule is CCOc1cc(CNC2CCCC2C2COCCN2)ccc1OC(F)F.Cl. The molecule has 0 aromatic heterocycles. The molecule has 0 amide bonds. The highest BCUT2D eigenvalue weighted by Crippen LogP contribution is 2.32. The first-order valence-electron chi connectivity index (χ1n) is 9.42. The zero-order chi connectivity index (χ0) is 18.4. The fourth-order valence-electron chi connectivity index (χ4n) is 3.96. The first-order chi connectivity index (χ1) is 12.7. The zero-order valence-electron chi connectivity index (χ0n) is 15.6. The molecule has 3 atom stereocenters. The van der Waals surface area contributed by atoms with Crippen LogP contribution in [0.5, 0.6) is 11.5 Å². The Morgan fingerprint density at radius 2 is 2.15 bits per heavy atom. The Morgan fingerprint density at radius 1 is 1.30 bits per heavy atom. The van der Waals surface area contributed by atoms with Gasteiger partial charge >= 0.3 is 6.61 Å². The number of hydrogen-bond donors (Lipinski definition) is 2. The van der Waals surface area contributed by atoms with Crippen LogP contribution in [0.3, 0.4) is 0 Å². The highest BCUT2D eigenvalue weighted by atomic mass is 35.5. The zero-order valence-corrected chi connectivity index (χ0v) is 16.4. The molecule has 1 heterocycles. The van der Waals surface area contributed by atoms with Gasteiger partial charge in [0.05, 0.1) is 19.8 Å². The average Bonchev–Trinajstić information content (AvgIpc) is 3.11. The Labute approximate surface area is 165 Å². The molecule has 1 saturated carbocycles. The smallest absolute Gasteiger partial charge is 0.387 e. The lowest BCUT2D eigenvalue weighted by atomic mass is 9.94. The van der Waals surface area contributed by atoms with Gasteiger partial charge in [0.2, 0.25) is 0 Å². The van der Waals surface area contributed by atoms with Gasteiger partial charge in [-0.3, -0.25) is 0 Å². The number of morpholine rings is 1. The van der Waals surface area contributed by atoms with E-state index in [0.717, 1.165) is 31.7 Å². The molecule has 3 rings (SSSR count). The van der Waals surface area contributed by atoms with E-state index in [0.29, 0.717) is 36.9 Å². The minimum absolute atomic E-state index is 0. The van der Waals surface area contributed by atoms with E-state index in [1.165, 1.54) is 12.8 Å². The molecule has 2 fully saturated rings.